The number of allylic oxidation sites excluding steroid dienone is 3. The number of esters is 2. The number of thioether (sulfide) groups is 1. The summed E-state index contributed by atoms with van der Waals surface area (Å²) < 4.78 is 11.4. The maximum absolute atomic E-state index is 13.6. The highest BCUT2D eigenvalue weighted by Crippen LogP contribution is 2.45. The van der Waals surface area contributed by atoms with Crippen LogP contribution in [-0.2, 0) is 23.9 Å². The Morgan fingerprint density at radius 1 is 1.25 bits per heavy atom. The number of ketones is 1. The number of halogens is 1. The zero-order chi connectivity index (χ0) is 23.4. The van der Waals surface area contributed by atoms with E-state index in [0.29, 0.717) is 35.6 Å². The largest absolute Gasteiger partial charge is 0.468 e. The van der Waals surface area contributed by atoms with Crippen molar-refractivity contribution in [3.8, 4) is 0 Å². The first-order chi connectivity index (χ1) is 15.3. The molecule has 3 atom stereocenters. The number of carbonyl (C=O) groups is 3. The molecule has 1 heterocycles. The fourth-order valence-electron chi connectivity index (χ4n) is 4.36. The Labute approximate surface area is 201 Å². The van der Waals surface area contributed by atoms with Crippen LogP contribution in [0.3, 0.4) is 0 Å². The van der Waals surface area contributed by atoms with Crippen molar-refractivity contribution in [2.75, 3.05) is 25.2 Å². The third-order valence-corrected chi connectivity index (χ3v) is 7.22. The van der Waals surface area contributed by atoms with E-state index >= 15 is 0 Å². The van der Waals surface area contributed by atoms with Crippen LogP contribution in [0.4, 0.5) is 0 Å². The number of carbonyl (C=O) groups excluding carboxylic acids is 3. The lowest BCUT2D eigenvalue weighted by Gasteiger charge is -2.38. The van der Waals surface area contributed by atoms with Gasteiger partial charge in [-0.2, -0.15) is 11.8 Å². The number of methoxy groups -OCH3 is 1. The molecule has 172 valence electrons. The fraction of sp³-hybridized carbons (Fsp3) is 0.458. The summed E-state index contributed by atoms with van der Waals surface area (Å²) >= 11 is 5.13. The Hall–Kier alpha value is -2.06. The molecule has 3 rings (SSSR count). The van der Waals surface area contributed by atoms with Crippen molar-refractivity contribution in [1.29, 1.82) is 0 Å². The van der Waals surface area contributed by atoms with Crippen LogP contribution in [0.15, 0.2) is 51.3 Å². The Morgan fingerprint density at radius 3 is 2.56 bits per heavy atom. The van der Waals surface area contributed by atoms with Crippen molar-refractivity contribution in [3.63, 3.8) is 0 Å². The van der Waals surface area contributed by atoms with E-state index in [1.54, 1.807) is 11.8 Å². The lowest BCUT2D eigenvalue weighted by molar-refractivity contribution is -0.151. The third-order valence-electron chi connectivity index (χ3n) is 5.83. The van der Waals surface area contributed by atoms with E-state index < -0.39 is 23.8 Å². The van der Waals surface area contributed by atoms with Crippen molar-refractivity contribution >= 4 is 45.4 Å². The van der Waals surface area contributed by atoms with Crippen LogP contribution in [0.2, 0.25) is 0 Å². The van der Waals surface area contributed by atoms with E-state index in [1.165, 1.54) is 7.11 Å². The molecule has 6 nitrogen and oxygen atoms in total. The van der Waals surface area contributed by atoms with Gasteiger partial charge in [0.05, 0.1) is 12.7 Å². The lowest BCUT2D eigenvalue weighted by Crippen LogP contribution is -2.43. The molecule has 1 aliphatic heterocycles. The van der Waals surface area contributed by atoms with E-state index in [2.05, 4.69) is 28.2 Å². The molecule has 1 aliphatic carbocycles. The van der Waals surface area contributed by atoms with E-state index in [4.69, 9.17) is 9.47 Å². The average Bonchev–Trinajstić information content (AvgIpc) is 2.76. The van der Waals surface area contributed by atoms with Gasteiger partial charge in [-0.3, -0.25) is 9.59 Å². The SMILES string of the molecule is CCSCCOC(=O)C1=C(C)NC2=C(C(=O)[C@H](C(=O)OC)[C@H](C)C2)[C@@H]1c1ccc(Br)cc1. The molecule has 2 aliphatic rings. The first-order valence-electron chi connectivity index (χ1n) is 10.6. The molecule has 1 aromatic rings. The molecule has 8 heteroatoms. The van der Waals surface area contributed by atoms with Crippen molar-refractivity contribution in [2.24, 2.45) is 11.8 Å². The minimum Gasteiger partial charge on any atom is -0.468 e. The Balaban J connectivity index is 2.06. The number of nitrogens with one attached hydrogen (secondary N) is 1. The summed E-state index contributed by atoms with van der Waals surface area (Å²) in [5, 5.41) is 3.27. The third kappa shape index (κ3) is 4.96. The highest BCUT2D eigenvalue weighted by molar-refractivity contribution is 9.10. The van der Waals surface area contributed by atoms with Crippen LogP contribution < -0.4 is 5.32 Å². The van der Waals surface area contributed by atoms with Crippen LogP contribution in [0.25, 0.3) is 0 Å². The molecule has 0 spiro atoms. The zero-order valence-electron chi connectivity index (χ0n) is 18.7. The number of rotatable bonds is 7. The molecule has 0 unspecified atom stereocenters. The molecule has 32 heavy (non-hydrogen) atoms. The number of hydrogen-bond acceptors (Lipinski definition) is 7. The minimum absolute atomic E-state index is 0.209. The summed E-state index contributed by atoms with van der Waals surface area (Å²) in [6.07, 6.45) is 0.515. The summed E-state index contributed by atoms with van der Waals surface area (Å²) in [4.78, 5) is 39.2. The van der Waals surface area contributed by atoms with Gasteiger partial charge in [-0.15, -0.1) is 0 Å². The summed E-state index contributed by atoms with van der Waals surface area (Å²) in [6, 6.07) is 7.52. The van der Waals surface area contributed by atoms with Gasteiger partial charge < -0.3 is 14.8 Å². The highest BCUT2D eigenvalue weighted by atomic mass is 79.9. The smallest absolute Gasteiger partial charge is 0.336 e. The van der Waals surface area contributed by atoms with Gasteiger partial charge in [0.2, 0.25) is 0 Å². The van der Waals surface area contributed by atoms with E-state index in [1.807, 2.05) is 38.1 Å². The molecule has 0 radical (unpaired) electrons. The number of benzene rings is 1. The highest BCUT2D eigenvalue weighted by Gasteiger charge is 2.47. The van der Waals surface area contributed by atoms with E-state index in [-0.39, 0.29) is 11.7 Å². The predicted molar refractivity (Wildman–Crippen MR) is 128 cm³/mol. The van der Waals surface area contributed by atoms with Crippen molar-refractivity contribution in [2.45, 2.75) is 33.1 Å². The zero-order valence-corrected chi connectivity index (χ0v) is 21.1. The van der Waals surface area contributed by atoms with Crippen molar-refractivity contribution in [3.05, 3.63) is 56.8 Å². The van der Waals surface area contributed by atoms with Gasteiger partial charge in [-0.05, 0) is 42.7 Å². The number of ether oxygens (including phenoxy) is 2. The van der Waals surface area contributed by atoms with Gasteiger partial charge in [0, 0.05) is 33.1 Å². The second-order valence-electron chi connectivity index (χ2n) is 7.92. The maximum atomic E-state index is 13.6. The Kier molecular flexibility index (Phi) is 8.22. The van der Waals surface area contributed by atoms with Crippen LogP contribution in [0.1, 0.15) is 38.7 Å². The summed E-state index contributed by atoms with van der Waals surface area (Å²) in [6.45, 7) is 6.04. The topological polar surface area (TPSA) is 81.7 Å². The second kappa shape index (κ2) is 10.7. The minimum atomic E-state index is -0.893. The van der Waals surface area contributed by atoms with Gasteiger partial charge in [0.15, 0.2) is 5.78 Å². The van der Waals surface area contributed by atoms with E-state index in [9.17, 15) is 14.4 Å². The number of hydrogen-bond donors (Lipinski definition) is 1. The monoisotopic (exact) mass is 521 g/mol. The summed E-state index contributed by atoms with van der Waals surface area (Å²) in [5.74, 6) is -1.36. The molecular formula is C24H28BrNO5S. The Bertz CT molecular complexity index is 969. The van der Waals surface area contributed by atoms with Crippen LogP contribution in [-0.4, -0.2) is 42.9 Å². The lowest BCUT2D eigenvalue weighted by atomic mass is 9.69. The van der Waals surface area contributed by atoms with Gasteiger partial charge in [0.1, 0.15) is 12.5 Å². The molecule has 0 fully saturated rings. The first-order valence-corrected chi connectivity index (χ1v) is 12.6. The first kappa shape index (κ1) is 24.6. The van der Waals surface area contributed by atoms with Crippen molar-refractivity contribution < 1.29 is 23.9 Å². The van der Waals surface area contributed by atoms with Gasteiger partial charge in [-0.25, -0.2) is 4.79 Å². The molecule has 1 aromatic carbocycles. The second-order valence-corrected chi connectivity index (χ2v) is 10.2. The number of Topliss-reactive ketones (excluding diaryl/α,β-unsaturated/α-hetero) is 1. The molecular weight excluding hydrogens is 494 g/mol. The molecule has 1 N–H and O–H groups in total. The molecule has 0 saturated heterocycles. The molecule has 0 amide bonds. The quantitative estimate of drug-likeness (QED) is 0.324. The molecule has 0 aromatic heterocycles. The summed E-state index contributed by atoms with van der Waals surface area (Å²) in [5.41, 5.74) is 3.07. The van der Waals surface area contributed by atoms with Crippen LogP contribution in [0, 0.1) is 11.8 Å². The van der Waals surface area contributed by atoms with Crippen LogP contribution in [0.5, 0.6) is 0 Å². The van der Waals surface area contributed by atoms with Gasteiger partial charge >= 0.3 is 11.9 Å². The molecule has 0 saturated carbocycles. The van der Waals surface area contributed by atoms with Crippen LogP contribution >= 0.6 is 27.7 Å². The number of dihydropyridines is 1. The fourth-order valence-corrected chi connectivity index (χ4v) is 5.11. The van der Waals surface area contributed by atoms with Gasteiger partial charge in [0.25, 0.3) is 0 Å². The van der Waals surface area contributed by atoms with Gasteiger partial charge in [-0.1, -0.05) is 41.9 Å². The average molecular weight is 522 g/mol. The Morgan fingerprint density at radius 2 is 1.94 bits per heavy atom. The summed E-state index contributed by atoms with van der Waals surface area (Å²) in [7, 11) is 1.29. The van der Waals surface area contributed by atoms with Crippen molar-refractivity contribution in [1.82, 2.24) is 5.32 Å². The molecule has 0 bridgehead atoms. The predicted octanol–water partition coefficient (Wildman–Crippen LogP) is 4.36. The van der Waals surface area contributed by atoms with E-state index in [0.717, 1.165) is 21.5 Å². The maximum Gasteiger partial charge on any atom is 0.336 e. The standard InChI is InChI=1S/C24H28BrNO5S/c1-5-32-11-10-31-24(29)19-14(3)26-17-12-13(2)18(23(28)30-4)22(27)21(17)20(19)15-6-8-16(25)9-7-15/h6-9,13,18,20,26H,5,10-12H2,1-4H3/t13-,18-,20-/m1/s1. The normalized spacial score (nSPS) is 22.9.